The summed E-state index contributed by atoms with van der Waals surface area (Å²) in [6.45, 7) is 1.79. The lowest BCUT2D eigenvalue weighted by atomic mass is 9.84. The van der Waals surface area contributed by atoms with E-state index < -0.39 is 5.60 Å². The molecular formula is C26H19Cl2N3O3. The van der Waals surface area contributed by atoms with E-state index in [9.17, 15) is 5.11 Å². The maximum atomic E-state index is 12.1. The van der Waals surface area contributed by atoms with E-state index in [1.165, 1.54) is 13.3 Å². The van der Waals surface area contributed by atoms with Gasteiger partial charge in [-0.15, -0.1) is 0 Å². The number of fused-ring (bicyclic) bond motifs is 1. The summed E-state index contributed by atoms with van der Waals surface area (Å²) < 4.78 is 10.7. The highest BCUT2D eigenvalue weighted by Crippen LogP contribution is 2.42. The average molecular weight is 492 g/mol. The van der Waals surface area contributed by atoms with Crippen molar-refractivity contribution in [3.05, 3.63) is 106 Å². The quantitative estimate of drug-likeness (QED) is 0.295. The number of ether oxygens (including phenoxy) is 1. The van der Waals surface area contributed by atoms with Gasteiger partial charge in [0, 0.05) is 34.8 Å². The van der Waals surface area contributed by atoms with Crippen LogP contribution in [0.15, 0.2) is 77.4 Å². The van der Waals surface area contributed by atoms with Crippen LogP contribution in [0.1, 0.15) is 22.6 Å². The van der Waals surface area contributed by atoms with E-state index in [0.29, 0.717) is 49.3 Å². The maximum absolute atomic E-state index is 12.1. The molecule has 0 saturated heterocycles. The third-order valence-corrected chi connectivity index (χ3v) is 6.37. The second kappa shape index (κ2) is 8.72. The molecular weight excluding hydrogens is 473 g/mol. The van der Waals surface area contributed by atoms with E-state index in [1.54, 1.807) is 43.3 Å². The Morgan fingerprint density at radius 3 is 2.38 bits per heavy atom. The van der Waals surface area contributed by atoms with Gasteiger partial charge in [0.1, 0.15) is 5.15 Å². The molecule has 3 heterocycles. The molecule has 3 aromatic heterocycles. The maximum Gasteiger partial charge on any atom is 0.212 e. The lowest BCUT2D eigenvalue weighted by Crippen LogP contribution is -2.28. The first-order chi connectivity index (χ1) is 16.4. The van der Waals surface area contributed by atoms with E-state index in [1.807, 2.05) is 30.3 Å². The SMILES string of the molecule is COc1ccc(C(O)(c2ccc3nc(Cl)c(-c4ccccc4)c(Cl)c3c2)c2cc(C)no2)cn1. The van der Waals surface area contributed by atoms with Crippen molar-refractivity contribution in [3.63, 3.8) is 0 Å². The molecule has 2 aromatic carbocycles. The molecule has 8 heteroatoms. The van der Waals surface area contributed by atoms with E-state index in [-0.39, 0.29) is 5.76 Å². The standard InChI is InChI=1S/C26H19Cl2N3O3/c1-15-12-21(34-31-15)26(32,18-9-11-22(33-2)29-14-18)17-8-10-20-19(13-17)24(27)23(25(28)30-20)16-6-4-3-5-7-16/h3-14,32H,1-2H3. The monoisotopic (exact) mass is 491 g/mol. The van der Waals surface area contributed by atoms with Crippen molar-refractivity contribution in [3.8, 4) is 17.0 Å². The Hall–Kier alpha value is -3.45. The van der Waals surface area contributed by atoms with Crippen LogP contribution in [0.5, 0.6) is 5.88 Å². The first kappa shape index (κ1) is 22.3. The van der Waals surface area contributed by atoms with Crippen molar-refractivity contribution in [2.75, 3.05) is 7.11 Å². The normalized spacial score (nSPS) is 13.1. The molecule has 5 rings (SSSR count). The van der Waals surface area contributed by atoms with Gasteiger partial charge < -0.3 is 14.4 Å². The van der Waals surface area contributed by atoms with Crippen molar-refractivity contribution in [2.45, 2.75) is 12.5 Å². The third kappa shape index (κ3) is 3.70. The van der Waals surface area contributed by atoms with Crippen molar-refractivity contribution >= 4 is 34.1 Å². The Morgan fingerprint density at radius 2 is 1.74 bits per heavy atom. The van der Waals surface area contributed by atoms with Crippen molar-refractivity contribution < 1.29 is 14.4 Å². The van der Waals surface area contributed by atoms with Crippen LogP contribution < -0.4 is 4.74 Å². The number of pyridine rings is 2. The van der Waals surface area contributed by atoms with Gasteiger partial charge in [-0.1, -0.05) is 64.8 Å². The van der Waals surface area contributed by atoms with Crippen molar-refractivity contribution in [2.24, 2.45) is 0 Å². The molecule has 5 aromatic rings. The molecule has 0 spiro atoms. The fourth-order valence-electron chi connectivity index (χ4n) is 3.97. The third-order valence-electron chi connectivity index (χ3n) is 5.71. The minimum absolute atomic E-state index is 0.248. The summed E-state index contributed by atoms with van der Waals surface area (Å²) in [6, 6.07) is 20.0. The second-order valence-corrected chi connectivity index (χ2v) is 8.56. The number of methoxy groups -OCH3 is 1. The summed E-state index contributed by atoms with van der Waals surface area (Å²) >= 11 is 13.4. The zero-order chi connectivity index (χ0) is 23.9. The molecule has 170 valence electrons. The van der Waals surface area contributed by atoms with Gasteiger partial charge in [-0.25, -0.2) is 9.97 Å². The molecule has 34 heavy (non-hydrogen) atoms. The fourth-order valence-corrected chi connectivity index (χ4v) is 4.67. The van der Waals surface area contributed by atoms with Crippen LogP contribution in [0.4, 0.5) is 0 Å². The molecule has 0 bridgehead atoms. The van der Waals surface area contributed by atoms with Crippen LogP contribution in [0.25, 0.3) is 22.0 Å². The van der Waals surface area contributed by atoms with Gasteiger partial charge in [0.15, 0.2) is 11.4 Å². The molecule has 0 aliphatic carbocycles. The molecule has 0 amide bonds. The van der Waals surface area contributed by atoms with Crippen LogP contribution >= 0.6 is 23.2 Å². The highest BCUT2D eigenvalue weighted by atomic mass is 35.5. The molecule has 0 aliphatic rings. The summed E-state index contributed by atoms with van der Waals surface area (Å²) in [6.07, 6.45) is 1.54. The van der Waals surface area contributed by atoms with Crippen LogP contribution in [-0.2, 0) is 5.60 Å². The first-order valence-electron chi connectivity index (χ1n) is 10.4. The minimum Gasteiger partial charge on any atom is -0.481 e. The Balaban J connectivity index is 1.75. The first-order valence-corrected chi connectivity index (χ1v) is 11.2. The van der Waals surface area contributed by atoms with E-state index in [2.05, 4.69) is 15.1 Å². The van der Waals surface area contributed by atoms with Gasteiger partial charge in [0.2, 0.25) is 5.88 Å². The van der Waals surface area contributed by atoms with Crippen LogP contribution in [-0.4, -0.2) is 27.3 Å². The highest BCUT2D eigenvalue weighted by molar-refractivity contribution is 6.42. The smallest absolute Gasteiger partial charge is 0.212 e. The molecule has 0 aliphatic heterocycles. The number of hydrogen-bond donors (Lipinski definition) is 1. The number of halogens is 2. The van der Waals surface area contributed by atoms with Crippen LogP contribution in [0, 0.1) is 6.92 Å². The Bertz CT molecular complexity index is 1490. The summed E-state index contributed by atoms with van der Waals surface area (Å²) in [5, 5.41) is 17.4. The van der Waals surface area contributed by atoms with E-state index in [0.717, 1.165) is 5.56 Å². The zero-order valence-corrected chi connectivity index (χ0v) is 19.8. The number of hydrogen-bond acceptors (Lipinski definition) is 6. The topological polar surface area (TPSA) is 81.3 Å². The lowest BCUT2D eigenvalue weighted by molar-refractivity contribution is 0.0904. The number of aliphatic hydroxyl groups is 1. The highest BCUT2D eigenvalue weighted by Gasteiger charge is 2.39. The number of rotatable bonds is 5. The second-order valence-electron chi connectivity index (χ2n) is 7.82. The number of nitrogens with zero attached hydrogens (tertiary/aromatic N) is 3. The molecule has 0 radical (unpaired) electrons. The summed E-state index contributed by atoms with van der Waals surface area (Å²) in [5.74, 6) is 0.672. The minimum atomic E-state index is -1.69. The average Bonchev–Trinajstić information content (AvgIpc) is 3.31. The molecule has 0 fully saturated rings. The van der Waals surface area contributed by atoms with Crippen molar-refractivity contribution in [1.82, 2.24) is 15.1 Å². The predicted molar refractivity (Wildman–Crippen MR) is 131 cm³/mol. The largest absolute Gasteiger partial charge is 0.481 e. The molecule has 1 N–H and O–H groups in total. The Labute approximate surface area is 205 Å². The summed E-state index contributed by atoms with van der Waals surface area (Å²) in [5.41, 5.74) is 2.00. The lowest BCUT2D eigenvalue weighted by Gasteiger charge is -2.27. The molecule has 0 saturated carbocycles. The fraction of sp³-hybridized carbons (Fsp3) is 0.115. The molecule has 1 atom stereocenters. The predicted octanol–water partition coefficient (Wildman–Crippen LogP) is 6.19. The van der Waals surface area contributed by atoms with Gasteiger partial charge in [-0.3, -0.25) is 0 Å². The van der Waals surface area contributed by atoms with Crippen molar-refractivity contribution in [1.29, 1.82) is 0 Å². The molecule has 1 unspecified atom stereocenters. The van der Waals surface area contributed by atoms with E-state index >= 15 is 0 Å². The van der Waals surface area contributed by atoms with Gasteiger partial charge in [-0.2, -0.15) is 0 Å². The van der Waals surface area contributed by atoms with Gasteiger partial charge >= 0.3 is 0 Å². The molecule has 6 nitrogen and oxygen atoms in total. The Kier molecular flexibility index (Phi) is 5.73. The number of benzene rings is 2. The van der Waals surface area contributed by atoms with Gasteiger partial charge in [-0.05, 0) is 36.2 Å². The zero-order valence-electron chi connectivity index (χ0n) is 18.3. The van der Waals surface area contributed by atoms with Crippen LogP contribution in [0.3, 0.4) is 0 Å². The number of aryl methyl sites for hydroxylation is 1. The summed E-state index contributed by atoms with van der Waals surface area (Å²) in [4.78, 5) is 8.81. The van der Waals surface area contributed by atoms with Gasteiger partial charge in [0.25, 0.3) is 0 Å². The van der Waals surface area contributed by atoms with Crippen LogP contribution in [0.2, 0.25) is 10.2 Å². The number of aromatic nitrogens is 3. The Morgan fingerprint density at radius 1 is 0.971 bits per heavy atom. The van der Waals surface area contributed by atoms with Gasteiger partial charge in [0.05, 0.1) is 23.3 Å². The summed E-state index contributed by atoms with van der Waals surface area (Å²) in [7, 11) is 1.53. The van der Waals surface area contributed by atoms with E-state index in [4.69, 9.17) is 32.5 Å².